The van der Waals surface area contributed by atoms with E-state index in [0.717, 1.165) is 45.9 Å². The van der Waals surface area contributed by atoms with E-state index < -0.39 is 0 Å². The van der Waals surface area contributed by atoms with Gasteiger partial charge in [0.25, 0.3) is 0 Å². The van der Waals surface area contributed by atoms with Crippen LogP contribution in [0, 0.1) is 5.92 Å². The van der Waals surface area contributed by atoms with Crippen LogP contribution < -0.4 is 4.90 Å². The van der Waals surface area contributed by atoms with E-state index in [-0.39, 0.29) is 0 Å². The summed E-state index contributed by atoms with van der Waals surface area (Å²) in [5.41, 5.74) is 2.67. The molecule has 21 heavy (non-hydrogen) atoms. The fourth-order valence-corrected chi connectivity index (χ4v) is 3.34. The van der Waals surface area contributed by atoms with E-state index in [9.17, 15) is 5.11 Å². The van der Waals surface area contributed by atoms with Gasteiger partial charge in [-0.3, -0.25) is 4.90 Å². The first kappa shape index (κ1) is 14.8. The minimum Gasteiger partial charge on any atom is -0.396 e. The normalized spacial score (nSPS) is 24.2. The lowest BCUT2D eigenvalue weighted by Crippen LogP contribution is -2.36. The molecule has 0 saturated carbocycles. The highest BCUT2D eigenvalue weighted by Crippen LogP contribution is 2.20. The Hall–Kier alpha value is -1.10. The molecule has 2 heterocycles. The summed E-state index contributed by atoms with van der Waals surface area (Å²) >= 11 is 0. The molecule has 1 N–H and O–H groups in total. The maximum Gasteiger partial charge on any atom is 0.0642 e. The van der Waals surface area contributed by atoms with Gasteiger partial charge in [-0.1, -0.05) is 12.1 Å². The number of rotatable bonds is 4. The number of hydrogen-bond donors (Lipinski definition) is 1. The zero-order chi connectivity index (χ0) is 14.5. The van der Waals surface area contributed by atoms with E-state index in [1.807, 2.05) is 0 Å². The van der Waals surface area contributed by atoms with Gasteiger partial charge in [0.05, 0.1) is 13.2 Å². The van der Waals surface area contributed by atoms with Crippen LogP contribution in [0.25, 0.3) is 0 Å². The second-order valence-electron chi connectivity index (χ2n) is 6.19. The maximum absolute atomic E-state index is 9.31. The first-order chi connectivity index (χ1) is 10.3. The molecule has 0 spiro atoms. The number of ether oxygens (including phenoxy) is 1. The fraction of sp³-hybridized carbons (Fsp3) is 0.647. The standard InChI is InChI=1S/C17H26N2O2/c20-14-16-2-1-7-18(13-16)12-15-3-5-17(6-4-15)19-8-10-21-11-9-19/h3-6,16,20H,1-2,7-14H2. The van der Waals surface area contributed by atoms with E-state index in [2.05, 4.69) is 34.1 Å². The van der Waals surface area contributed by atoms with Gasteiger partial charge in [0.1, 0.15) is 0 Å². The Bertz CT molecular complexity index is 429. The smallest absolute Gasteiger partial charge is 0.0642 e. The van der Waals surface area contributed by atoms with Crippen LogP contribution in [0.5, 0.6) is 0 Å². The summed E-state index contributed by atoms with van der Waals surface area (Å²) < 4.78 is 5.40. The first-order valence-electron chi connectivity index (χ1n) is 8.10. The molecule has 0 radical (unpaired) electrons. The number of aliphatic hydroxyl groups is 1. The molecule has 0 amide bonds. The molecule has 4 heteroatoms. The van der Waals surface area contributed by atoms with Crippen LogP contribution in [0.15, 0.2) is 24.3 Å². The van der Waals surface area contributed by atoms with Crippen LogP contribution in [0.4, 0.5) is 5.69 Å². The van der Waals surface area contributed by atoms with Gasteiger partial charge >= 0.3 is 0 Å². The SMILES string of the molecule is OCC1CCCN(Cc2ccc(N3CCOCC3)cc2)C1. The number of morpholine rings is 1. The molecule has 0 bridgehead atoms. The third-order valence-electron chi connectivity index (χ3n) is 4.58. The Morgan fingerprint density at radius 2 is 1.86 bits per heavy atom. The van der Waals surface area contributed by atoms with Gasteiger partial charge in [0.15, 0.2) is 0 Å². The second-order valence-corrected chi connectivity index (χ2v) is 6.19. The van der Waals surface area contributed by atoms with Gasteiger partial charge in [-0.15, -0.1) is 0 Å². The summed E-state index contributed by atoms with van der Waals surface area (Å²) in [5, 5.41) is 9.31. The monoisotopic (exact) mass is 290 g/mol. The third-order valence-corrected chi connectivity index (χ3v) is 4.58. The van der Waals surface area contributed by atoms with Gasteiger partial charge in [0, 0.05) is 38.5 Å². The van der Waals surface area contributed by atoms with Crippen LogP contribution in [0.2, 0.25) is 0 Å². The predicted octanol–water partition coefficient (Wildman–Crippen LogP) is 1.73. The van der Waals surface area contributed by atoms with Crippen molar-refractivity contribution in [2.24, 2.45) is 5.92 Å². The Labute approximate surface area is 127 Å². The highest BCUT2D eigenvalue weighted by Gasteiger charge is 2.19. The molecule has 1 aromatic rings. The molecule has 0 aliphatic carbocycles. The number of nitrogens with zero attached hydrogens (tertiary/aromatic N) is 2. The Kier molecular flexibility index (Phi) is 5.12. The second kappa shape index (κ2) is 7.25. The number of benzene rings is 1. The zero-order valence-electron chi connectivity index (χ0n) is 12.7. The molecule has 1 atom stereocenters. The topological polar surface area (TPSA) is 35.9 Å². The van der Waals surface area contributed by atoms with Gasteiger partial charge in [-0.25, -0.2) is 0 Å². The molecule has 116 valence electrons. The van der Waals surface area contributed by atoms with E-state index in [1.165, 1.54) is 24.1 Å². The lowest BCUT2D eigenvalue weighted by molar-refractivity contribution is 0.116. The van der Waals surface area contributed by atoms with Crippen molar-refractivity contribution < 1.29 is 9.84 Å². The van der Waals surface area contributed by atoms with Crippen molar-refractivity contribution in [1.82, 2.24) is 4.90 Å². The number of piperidine rings is 1. The quantitative estimate of drug-likeness (QED) is 0.916. The Morgan fingerprint density at radius 3 is 2.57 bits per heavy atom. The van der Waals surface area contributed by atoms with Crippen molar-refractivity contribution in [2.45, 2.75) is 19.4 Å². The summed E-state index contributed by atoms with van der Waals surface area (Å²) in [6.07, 6.45) is 2.38. The lowest BCUT2D eigenvalue weighted by atomic mass is 9.98. The van der Waals surface area contributed by atoms with Crippen LogP contribution >= 0.6 is 0 Å². The van der Waals surface area contributed by atoms with Gasteiger partial charge in [-0.2, -0.15) is 0 Å². The third kappa shape index (κ3) is 3.96. The molecule has 2 aliphatic rings. The molecule has 2 saturated heterocycles. The summed E-state index contributed by atoms with van der Waals surface area (Å²) in [6, 6.07) is 8.95. The van der Waals surface area contributed by atoms with Crippen molar-refractivity contribution in [3.05, 3.63) is 29.8 Å². The maximum atomic E-state index is 9.31. The van der Waals surface area contributed by atoms with Gasteiger partial charge in [-0.05, 0) is 43.0 Å². The minimum absolute atomic E-state index is 0.326. The average Bonchev–Trinajstić information content (AvgIpc) is 2.56. The number of hydrogen-bond acceptors (Lipinski definition) is 4. The fourth-order valence-electron chi connectivity index (χ4n) is 3.34. The van der Waals surface area contributed by atoms with Crippen molar-refractivity contribution in [3.63, 3.8) is 0 Å². The molecule has 2 fully saturated rings. The number of likely N-dealkylation sites (tertiary alicyclic amines) is 1. The van der Waals surface area contributed by atoms with Crippen molar-refractivity contribution in [1.29, 1.82) is 0 Å². The van der Waals surface area contributed by atoms with Crippen LogP contribution in [-0.4, -0.2) is 56.0 Å². The number of aliphatic hydroxyl groups excluding tert-OH is 1. The van der Waals surface area contributed by atoms with Crippen molar-refractivity contribution in [3.8, 4) is 0 Å². The minimum atomic E-state index is 0.326. The highest BCUT2D eigenvalue weighted by atomic mass is 16.5. The highest BCUT2D eigenvalue weighted by molar-refractivity contribution is 5.47. The van der Waals surface area contributed by atoms with Crippen LogP contribution in [-0.2, 0) is 11.3 Å². The summed E-state index contributed by atoms with van der Waals surface area (Å²) in [5.74, 6) is 0.464. The van der Waals surface area contributed by atoms with Crippen LogP contribution in [0.3, 0.4) is 0 Å². The molecule has 3 rings (SSSR count). The molecule has 1 aromatic carbocycles. The van der Waals surface area contributed by atoms with Crippen molar-refractivity contribution in [2.75, 3.05) is 50.9 Å². The predicted molar refractivity (Wildman–Crippen MR) is 84.6 cm³/mol. The van der Waals surface area contributed by atoms with Gasteiger partial charge < -0.3 is 14.7 Å². The molecular formula is C17H26N2O2. The lowest BCUT2D eigenvalue weighted by Gasteiger charge is -2.32. The van der Waals surface area contributed by atoms with E-state index >= 15 is 0 Å². The summed E-state index contributed by atoms with van der Waals surface area (Å²) in [6.45, 7) is 7.15. The molecule has 1 unspecified atom stereocenters. The zero-order valence-corrected chi connectivity index (χ0v) is 12.7. The Morgan fingerprint density at radius 1 is 1.10 bits per heavy atom. The van der Waals surface area contributed by atoms with E-state index in [1.54, 1.807) is 0 Å². The number of anilines is 1. The van der Waals surface area contributed by atoms with E-state index in [0.29, 0.717) is 12.5 Å². The van der Waals surface area contributed by atoms with Crippen LogP contribution in [0.1, 0.15) is 18.4 Å². The molecular weight excluding hydrogens is 264 g/mol. The van der Waals surface area contributed by atoms with Gasteiger partial charge in [0.2, 0.25) is 0 Å². The first-order valence-corrected chi connectivity index (χ1v) is 8.10. The summed E-state index contributed by atoms with van der Waals surface area (Å²) in [7, 11) is 0. The largest absolute Gasteiger partial charge is 0.396 e. The Balaban J connectivity index is 1.56. The average molecular weight is 290 g/mol. The van der Waals surface area contributed by atoms with E-state index in [4.69, 9.17) is 4.74 Å². The van der Waals surface area contributed by atoms with Crippen molar-refractivity contribution >= 4 is 5.69 Å². The molecule has 4 nitrogen and oxygen atoms in total. The molecule has 0 aromatic heterocycles. The summed E-state index contributed by atoms with van der Waals surface area (Å²) in [4.78, 5) is 4.85. The molecule has 2 aliphatic heterocycles.